The van der Waals surface area contributed by atoms with E-state index in [4.69, 9.17) is 0 Å². The minimum Gasteiger partial charge on any atom is -0.312 e. The molecule has 2 aliphatic rings. The van der Waals surface area contributed by atoms with Crippen LogP contribution in [0.3, 0.4) is 0 Å². The predicted molar refractivity (Wildman–Crippen MR) is 114 cm³/mol. The number of rotatable bonds is 5. The normalized spacial score (nSPS) is 18.7. The molecule has 0 fully saturated rings. The number of thiophene rings is 1. The molecule has 0 spiro atoms. The lowest BCUT2D eigenvalue weighted by Gasteiger charge is -2.28. The summed E-state index contributed by atoms with van der Waals surface area (Å²) in [5.74, 6) is -0.246. The molecule has 4 rings (SSSR count). The molecule has 7 nitrogen and oxygen atoms in total. The van der Waals surface area contributed by atoms with Crippen LogP contribution in [0.2, 0.25) is 0 Å². The molecule has 2 aliphatic heterocycles. The van der Waals surface area contributed by atoms with Crippen molar-refractivity contribution in [2.45, 2.75) is 31.0 Å². The van der Waals surface area contributed by atoms with Crippen molar-refractivity contribution in [3.8, 4) is 0 Å². The van der Waals surface area contributed by atoms with Crippen molar-refractivity contribution in [2.24, 2.45) is 9.98 Å². The zero-order valence-corrected chi connectivity index (χ0v) is 17.4. The maximum Gasteiger partial charge on any atom is 0.264 e. The molecule has 1 amide bonds. The average molecular weight is 429 g/mol. The number of hydrogen-bond donors (Lipinski definition) is 1. The van der Waals surface area contributed by atoms with Gasteiger partial charge in [-0.2, -0.15) is 11.3 Å². The van der Waals surface area contributed by atoms with E-state index < -0.39 is 16.3 Å². The number of fused-ring (bicyclic) bond motifs is 1. The van der Waals surface area contributed by atoms with Crippen LogP contribution in [0, 0.1) is 0 Å². The van der Waals surface area contributed by atoms with Crippen LogP contribution in [0.1, 0.15) is 29.3 Å². The Labute approximate surface area is 173 Å². The smallest absolute Gasteiger partial charge is 0.264 e. The van der Waals surface area contributed by atoms with Crippen LogP contribution in [0.25, 0.3) is 0 Å². The molecule has 1 atom stereocenters. The minimum absolute atomic E-state index is 0.246. The lowest BCUT2D eigenvalue weighted by molar-refractivity contribution is 0.0940. The van der Waals surface area contributed by atoms with Gasteiger partial charge in [0.2, 0.25) is 6.29 Å². The maximum atomic E-state index is 12.7. The molecule has 2 aromatic rings. The molecule has 1 N–H and O–H groups in total. The quantitative estimate of drug-likeness (QED) is 0.794. The van der Waals surface area contributed by atoms with Gasteiger partial charge in [-0.3, -0.25) is 9.10 Å². The Bertz CT molecular complexity index is 1100. The topological polar surface area (TPSA) is 91.2 Å². The first-order valence-electron chi connectivity index (χ1n) is 9.23. The first-order valence-corrected chi connectivity index (χ1v) is 11.6. The number of aryl methyl sites for hydroxylation is 1. The van der Waals surface area contributed by atoms with Crippen LogP contribution >= 0.6 is 11.3 Å². The third kappa shape index (κ3) is 4.01. The summed E-state index contributed by atoms with van der Waals surface area (Å²) >= 11 is 1.34. The largest absolute Gasteiger partial charge is 0.312 e. The predicted octanol–water partition coefficient (Wildman–Crippen LogP) is 2.83. The number of hydrogen-bond acceptors (Lipinski definition) is 6. The molecule has 150 valence electrons. The second-order valence-corrected chi connectivity index (χ2v) is 9.33. The fraction of sp³-hybridized carbons (Fsp3) is 0.250. The van der Waals surface area contributed by atoms with Gasteiger partial charge in [0, 0.05) is 41.9 Å². The highest BCUT2D eigenvalue weighted by Crippen LogP contribution is 2.24. The van der Waals surface area contributed by atoms with E-state index in [2.05, 4.69) is 22.2 Å². The van der Waals surface area contributed by atoms with Gasteiger partial charge in [0.15, 0.2) is 0 Å². The van der Waals surface area contributed by atoms with E-state index in [0.29, 0.717) is 24.1 Å². The molecule has 0 radical (unpaired) electrons. The number of allylic oxidation sites excluding steroid dienone is 1. The molecule has 1 aromatic carbocycles. The lowest BCUT2D eigenvalue weighted by Crippen LogP contribution is -2.38. The molecular weight excluding hydrogens is 408 g/mol. The third-order valence-electron chi connectivity index (χ3n) is 4.80. The van der Waals surface area contributed by atoms with Gasteiger partial charge in [-0.1, -0.05) is 19.1 Å². The molecule has 9 heteroatoms. The monoisotopic (exact) mass is 428 g/mol. The van der Waals surface area contributed by atoms with Crippen molar-refractivity contribution < 1.29 is 13.2 Å². The average Bonchev–Trinajstić information content (AvgIpc) is 3.29. The Balaban J connectivity index is 1.47. The Morgan fingerprint density at radius 2 is 2.07 bits per heavy atom. The second-order valence-electron chi connectivity index (χ2n) is 6.66. The standard InChI is InChI=1S/C20H20N4O3S2/c1-2-14-3-5-15(6-4-14)19(25)23-20-21-11-16-12-24(9-7-18(16)22-20)29(26,27)17-8-10-28-13-17/h3-6,8,10-13,20H,2,7,9H2,1H3,(H,23,25). The van der Waals surface area contributed by atoms with Gasteiger partial charge in [0.1, 0.15) is 0 Å². The zero-order valence-electron chi connectivity index (χ0n) is 15.8. The summed E-state index contributed by atoms with van der Waals surface area (Å²) in [5.41, 5.74) is 3.10. The number of nitrogens with one attached hydrogen (secondary N) is 1. The maximum absolute atomic E-state index is 12.7. The first kappa shape index (κ1) is 19.5. The summed E-state index contributed by atoms with van der Waals surface area (Å²) in [4.78, 5) is 21.5. The van der Waals surface area contributed by atoms with E-state index in [-0.39, 0.29) is 10.8 Å². The number of amides is 1. The third-order valence-corrected chi connectivity index (χ3v) is 7.39. The van der Waals surface area contributed by atoms with Crippen molar-refractivity contribution in [1.82, 2.24) is 9.62 Å². The molecule has 0 bridgehead atoms. The Hall–Kier alpha value is -2.78. The molecule has 3 heterocycles. The van der Waals surface area contributed by atoms with Crippen molar-refractivity contribution >= 4 is 39.2 Å². The summed E-state index contributed by atoms with van der Waals surface area (Å²) < 4.78 is 26.7. The van der Waals surface area contributed by atoms with E-state index in [1.807, 2.05) is 12.1 Å². The summed E-state index contributed by atoms with van der Waals surface area (Å²) in [6, 6.07) is 9.01. The summed E-state index contributed by atoms with van der Waals surface area (Å²) in [6.45, 7) is 2.36. The van der Waals surface area contributed by atoms with Crippen LogP contribution in [0.5, 0.6) is 0 Å². The number of nitrogens with zero attached hydrogens (tertiary/aromatic N) is 3. The van der Waals surface area contributed by atoms with Crippen LogP contribution in [0.15, 0.2) is 67.7 Å². The number of sulfonamides is 1. The number of aliphatic imine (C=N–C) groups is 2. The van der Waals surface area contributed by atoms with E-state index in [9.17, 15) is 13.2 Å². The Kier molecular flexibility index (Phi) is 5.33. The fourth-order valence-electron chi connectivity index (χ4n) is 3.12. The highest BCUT2D eigenvalue weighted by Gasteiger charge is 2.28. The Morgan fingerprint density at radius 1 is 1.28 bits per heavy atom. The summed E-state index contributed by atoms with van der Waals surface area (Å²) in [7, 11) is -3.56. The molecule has 0 saturated heterocycles. The van der Waals surface area contributed by atoms with Crippen LogP contribution in [0.4, 0.5) is 0 Å². The SMILES string of the molecule is CCc1ccc(C(=O)NC2N=CC3=CN(S(=O)(=O)c4ccsc4)CCC3=N2)cc1. The Morgan fingerprint density at radius 3 is 2.76 bits per heavy atom. The number of benzene rings is 1. The minimum atomic E-state index is -3.56. The van der Waals surface area contributed by atoms with Crippen molar-refractivity contribution in [3.05, 3.63) is 64.0 Å². The van der Waals surface area contributed by atoms with Gasteiger partial charge in [0.05, 0.1) is 10.6 Å². The van der Waals surface area contributed by atoms with Crippen LogP contribution in [-0.4, -0.2) is 43.4 Å². The second kappa shape index (κ2) is 7.92. The highest BCUT2D eigenvalue weighted by molar-refractivity contribution is 7.89. The zero-order chi connectivity index (χ0) is 20.4. The molecule has 0 aliphatic carbocycles. The van der Waals surface area contributed by atoms with Crippen LogP contribution < -0.4 is 5.32 Å². The van der Waals surface area contributed by atoms with Gasteiger partial charge < -0.3 is 5.32 Å². The van der Waals surface area contributed by atoms with Crippen LogP contribution in [-0.2, 0) is 16.4 Å². The van der Waals surface area contributed by atoms with E-state index in [1.165, 1.54) is 15.6 Å². The number of carbonyl (C=O) groups is 1. The molecule has 0 saturated carbocycles. The van der Waals surface area contributed by atoms with Crippen molar-refractivity contribution in [2.75, 3.05) is 6.54 Å². The van der Waals surface area contributed by atoms with E-state index in [1.54, 1.807) is 41.4 Å². The van der Waals surface area contributed by atoms with E-state index in [0.717, 1.165) is 17.7 Å². The van der Waals surface area contributed by atoms with Crippen molar-refractivity contribution in [3.63, 3.8) is 0 Å². The first-order chi connectivity index (χ1) is 14.0. The molecule has 29 heavy (non-hydrogen) atoms. The molecular formula is C20H20N4O3S2. The van der Waals surface area contributed by atoms with Gasteiger partial charge in [-0.15, -0.1) is 0 Å². The van der Waals surface area contributed by atoms with Gasteiger partial charge in [0.25, 0.3) is 15.9 Å². The van der Waals surface area contributed by atoms with Gasteiger partial charge >= 0.3 is 0 Å². The number of carbonyl (C=O) groups excluding carboxylic acids is 1. The van der Waals surface area contributed by atoms with Crippen molar-refractivity contribution in [1.29, 1.82) is 0 Å². The summed E-state index contributed by atoms with van der Waals surface area (Å²) in [6.07, 6.45) is 3.79. The lowest BCUT2D eigenvalue weighted by atomic mass is 10.1. The molecule has 1 aromatic heterocycles. The van der Waals surface area contributed by atoms with Gasteiger partial charge in [-0.05, 0) is 35.6 Å². The highest BCUT2D eigenvalue weighted by atomic mass is 32.2. The molecule has 1 unspecified atom stereocenters. The fourth-order valence-corrected chi connectivity index (χ4v) is 5.47. The summed E-state index contributed by atoms with van der Waals surface area (Å²) in [5, 5.41) is 6.14. The van der Waals surface area contributed by atoms with E-state index >= 15 is 0 Å². The van der Waals surface area contributed by atoms with Gasteiger partial charge in [-0.25, -0.2) is 18.4 Å².